The van der Waals surface area contributed by atoms with Gasteiger partial charge in [0, 0.05) is 12.6 Å². The summed E-state index contributed by atoms with van der Waals surface area (Å²) in [7, 11) is 0. The number of hydrogen-bond acceptors (Lipinski definition) is 4. The molecule has 1 atom stereocenters. The van der Waals surface area contributed by atoms with Crippen molar-refractivity contribution in [1.82, 2.24) is 14.6 Å². The number of anilines is 1. The normalized spacial score (nSPS) is 12.9. The van der Waals surface area contributed by atoms with Crippen molar-refractivity contribution in [2.45, 2.75) is 26.8 Å². The fourth-order valence-electron chi connectivity index (χ4n) is 1.75. The monoisotopic (exact) mass is 234 g/mol. The van der Waals surface area contributed by atoms with Gasteiger partial charge in [0.15, 0.2) is 5.65 Å². The highest BCUT2D eigenvalue weighted by atomic mass is 16.5. The fraction of sp³-hybridized carbons (Fsp3) is 0.500. The van der Waals surface area contributed by atoms with Gasteiger partial charge in [0.05, 0.1) is 6.61 Å². The summed E-state index contributed by atoms with van der Waals surface area (Å²) >= 11 is 0. The Morgan fingerprint density at radius 2 is 2.29 bits per heavy atom. The second kappa shape index (κ2) is 5.14. The third-order valence-electron chi connectivity index (χ3n) is 2.49. The zero-order chi connectivity index (χ0) is 12.3. The van der Waals surface area contributed by atoms with E-state index in [0.717, 1.165) is 23.6 Å². The van der Waals surface area contributed by atoms with Gasteiger partial charge in [0.2, 0.25) is 0 Å². The molecule has 0 spiro atoms. The molecule has 0 bridgehead atoms. The van der Waals surface area contributed by atoms with Gasteiger partial charge in [-0.25, -0.2) is 4.98 Å². The van der Waals surface area contributed by atoms with Crippen molar-refractivity contribution in [2.75, 3.05) is 18.5 Å². The molecule has 2 aromatic rings. The fourth-order valence-corrected chi connectivity index (χ4v) is 1.75. The Morgan fingerprint density at radius 1 is 1.47 bits per heavy atom. The summed E-state index contributed by atoms with van der Waals surface area (Å²) < 4.78 is 7.18. The second-order valence-corrected chi connectivity index (χ2v) is 4.15. The Labute approximate surface area is 101 Å². The first-order valence-electron chi connectivity index (χ1n) is 5.85. The first-order valence-corrected chi connectivity index (χ1v) is 5.85. The topological polar surface area (TPSA) is 51.5 Å². The number of aromatic nitrogens is 3. The zero-order valence-electron chi connectivity index (χ0n) is 10.5. The van der Waals surface area contributed by atoms with E-state index >= 15 is 0 Å². The van der Waals surface area contributed by atoms with Crippen molar-refractivity contribution in [3.8, 4) is 0 Å². The van der Waals surface area contributed by atoms with Crippen LogP contribution in [0.3, 0.4) is 0 Å². The lowest BCUT2D eigenvalue weighted by molar-refractivity contribution is 0.141. The first kappa shape index (κ1) is 11.9. The van der Waals surface area contributed by atoms with Crippen molar-refractivity contribution in [1.29, 1.82) is 0 Å². The van der Waals surface area contributed by atoms with Gasteiger partial charge in [-0.15, -0.1) is 0 Å². The van der Waals surface area contributed by atoms with Crippen LogP contribution in [-0.4, -0.2) is 33.9 Å². The quantitative estimate of drug-likeness (QED) is 0.858. The first-order chi connectivity index (χ1) is 8.20. The van der Waals surface area contributed by atoms with Crippen LogP contribution in [-0.2, 0) is 4.74 Å². The van der Waals surface area contributed by atoms with E-state index in [1.807, 2.05) is 19.9 Å². The van der Waals surface area contributed by atoms with Crippen LogP contribution in [0.25, 0.3) is 5.65 Å². The summed E-state index contributed by atoms with van der Waals surface area (Å²) in [6.45, 7) is 7.54. The molecule has 0 saturated carbocycles. The van der Waals surface area contributed by atoms with Crippen molar-refractivity contribution in [3.05, 3.63) is 24.0 Å². The number of aryl methyl sites for hydroxylation is 1. The van der Waals surface area contributed by atoms with Crippen molar-refractivity contribution < 1.29 is 4.74 Å². The second-order valence-electron chi connectivity index (χ2n) is 4.15. The van der Waals surface area contributed by atoms with Crippen LogP contribution in [0, 0.1) is 6.92 Å². The molecule has 0 aliphatic carbocycles. The lowest BCUT2D eigenvalue weighted by Crippen LogP contribution is -2.23. The van der Waals surface area contributed by atoms with Crippen LogP contribution < -0.4 is 5.32 Å². The summed E-state index contributed by atoms with van der Waals surface area (Å²) in [5, 5.41) is 7.58. The number of pyridine rings is 1. The number of fused-ring (bicyclic) bond motifs is 1. The molecular weight excluding hydrogens is 216 g/mol. The highest BCUT2D eigenvalue weighted by Gasteiger charge is 2.07. The van der Waals surface area contributed by atoms with E-state index < -0.39 is 0 Å². The zero-order valence-corrected chi connectivity index (χ0v) is 10.5. The Hall–Kier alpha value is -1.62. The summed E-state index contributed by atoms with van der Waals surface area (Å²) in [5.74, 6) is 0.949. The van der Waals surface area contributed by atoms with Crippen LogP contribution >= 0.6 is 0 Å². The predicted molar refractivity (Wildman–Crippen MR) is 67.3 cm³/mol. The molecule has 0 saturated heterocycles. The molecule has 0 amide bonds. The minimum atomic E-state index is 0.240. The van der Waals surface area contributed by atoms with Crippen LogP contribution in [0.2, 0.25) is 0 Å². The molecule has 0 aliphatic rings. The van der Waals surface area contributed by atoms with Crippen LogP contribution in [0.5, 0.6) is 0 Å². The molecule has 92 valence electrons. The number of rotatable bonds is 5. The summed E-state index contributed by atoms with van der Waals surface area (Å²) in [6.07, 6.45) is 1.56. The minimum Gasteiger partial charge on any atom is -0.380 e. The molecule has 17 heavy (non-hydrogen) atoms. The van der Waals surface area contributed by atoms with Gasteiger partial charge >= 0.3 is 0 Å². The van der Waals surface area contributed by atoms with Crippen molar-refractivity contribution in [3.63, 3.8) is 0 Å². The van der Waals surface area contributed by atoms with Crippen LogP contribution in [0.1, 0.15) is 19.4 Å². The van der Waals surface area contributed by atoms with E-state index in [0.29, 0.717) is 6.61 Å². The highest BCUT2D eigenvalue weighted by molar-refractivity contribution is 5.51. The van der Waals surface area contributed by atoms with E-state index in [1.165, 1.54) is 0 Å². The average molecular weight is 234 g/mol. The minimum absolute atomic E-state index is 0.240. The Bertz CT molecular complexity index is 494. The largest absolute Gasteiger partial charge is 0.380 e. The molecule has 5 nitrogen and oxygen atoms in total. The molecule has 2 aromatic heterocycles. The van der Waals surface area contributed by atoms with Gasteiger partial charge in [-0.3, -0.25) is 0 Å². The smallest absolute Gasteiger partial charge is 0.157 e. The van der Waals surface area contributed by atoms with Crippen molar-refractivity contribution in [2.24, 2.45) is 0 Å². The SMILES string of the molecule is CCOCC(C)Nc1cc(C)cc2ncnn12. The number of ether oxygens (including phenoxy) is 1. The lowest BCUT2D eigenvalue weighted by Gasteiger charge is -2.16. The number of hydrogen-bond donors (Lipinski definition) is 1. The lowest BCUT2D eigenvalue weighted by atomic mass is 10.2. The number of nitrogens with zero attached hydrogens (tertiary/aromatic N) is 3. The molecule has 5 heteroatoms. The van der Waals surface area contributed by atoms with Gasteiger partial charge in [0.1, 0.15) is 12.1 Å². The third kappa shape index (κ3) is 2.74. The molecule has 1 N–H and O–H groups in total. The Kier molecular flexibility index (Phi) is 3.58. The van der Waals surface area contributed by atoms with E-state index in [1.54, 1.807) is 10.8 Å². The van der Waals surface area contributed by atoms with Crippen LogP contribution in [0.4, 0.5) is 5.82 Å². The highest BCUT2D eigenvalue weighted by Crippen LogP contribution is 2.14. The number of nitrogens with one attached hydrogen (secondary N) is 1. The Morgan fingerprint density at radius 3 is 3.06 bits per heavy atom. The standard InChI is InChI=1S/C12H18N4O/c1-4-17-7-10(3)15-12-6-9(2)5-11-13-8-14-16(11)12/h5-6,8,10,15H,4,7H2,1-3H3. The molecule has 0 aliphatic heterocycles. The molecule has 2 heterocycles. The summed E-state index contributed by atoms with van der Waals surface area (Å²) in [5.41, 5.74) is 2.02. The molecule has 0 fully saturated rings. The molecule has 1 unspecified atom stereocenters. The summed E-state index contributed by atoms with van der Waals surface area (Å²) in [6, 6.07) is 4.30. The van der Waals surface area contributed by atoms with Gasteiger partial charge in [-0.1, -0.05) is 0 Å². The maximum absolute atomic E-state index is 5.38. The van der Waals surface area contributed by atoms with E-state index in [2.05, 4.69) is 28.4 Å². The molecule has 0 radical (unpaired) electrons. The molecular formula is C12H18N4O. The van der Waals surface area contributed by atoms with E-state index in [9.17, 15) is 0 Å². The molecule has 0 aromatic carbocycles. The molecule has 2 rings (SSSR count). The Balaban J connectivity index is 2.19. The predicted octanol–water partition coefficient (Wildman–Crippen LogP) is 1.87. The van der Waals surface area contributed by atoms with Gasteiger partial charge in [-0.2, -0.15) is 9.61 Å². The van der Waals surface area contributed by atoms with Crippen LogP contribution in [0.15, 0.2) is 18.5 Å². The van der Waals surface area contributed by atoms with Gasteiger partial charge < -0.3 is 10.1 Å². The third-order valence-corrected chi connectivity index (χ3v) is 2.49. The average Bonchev–Trinajstić information content (AvgIpc) is 2.74. The van der Waals surface area contributed by atoms with Crippen molar-refractivity contribution >= 4 is 11.5 Å². The van der Waals surface area contributed by atoms with Gasteiger partial charge in [-0.05, 0) is 38.5 Å². The summed E-state index contributed by atoms with van der Waals surface area (Å²) in [4.78, 5) is 4.19. The maximum atomic E-state index is 5.38. The van der Waals surface area contributed by atoms with Gasteiger partial charge in [0.25, 0.3) is 0 Å². The maximum Gasteiger partial charge on any atom is 0.157 e. The van der Waals surface area contributed by atoms with E-state index in [-0.39, 0.29) is 6.04 Å². The van der Waals surface area contributed by atoms with E-state index in [4.69, 9.17) is 4.74 Å².